The SMILES string of the molecule is CNC(C)(CSCC(O)CO)C(=O)OC. The third-order valence-electron chi connectivity index (χ3n) is 2.10. The van der Waals surface area contributed by atoms with Crippen molar-refractivity contribution in [2.45, 2.75) is 18.6 Å². The topological polar surface area (TPSA) is 78.8 Å². The molecule has 2 unspecified atom stereocenters. The van der Waals surface area contributed by atoms with Gasteiger partial charge in [-0.15, -0.1) is 0 Å². The average molecular weight is 237 g/mol. The number of thioether (sulfide) groups is 1. The Labute approximate surface area is 94.2 Å². The number of rotatable bonds is 7. The fourth-order valence-electron chi connectivity index (χ4n) is 0.910. The molecule has 5 nitrogen and oxygen atoms in total. The van der Waals surface area contributed by atoms with Gasteiger partial charge in [0.15, 0.2) is 0 Å². The second kappa shape index (κ2) is 7.05. The number of nitrogens with one attached hydrogen (secondary N) is 1. The molecule has 0 aliphatic rings. The highest BCUT2D eigenvalue weighted by molar-refractivity contribution is 7.99. The van der Waals surface area contributed by atoms with Crippen LogP contribution in [0.15, 0.2) is 0 Å². The highest BCUT2D eigenvalue weighted by Crippen LogP contribution is 2.15. The highest BCUT2D eigenvalue weighted by Gasteiger charge is 2.32. The van der Waals surface area contributed by atoms with Crippen molar-refractivity contribution >= 4 is 17.7 Å². The van der Waals surface area contributed by atoms with E-state index >= 15 is 0 Å². The number of aliphatic hydroxyl groups is 2. The van der Waals surface area contributed by atoms with E-state index in [-0.39, 0.29) is 12.6 Å². The van der Waals surface area contributed by atoms with Crippen molar-refractivity contribution < 1.29 is 19.7 Å². The largest absolute Gasteiger partial charge is 0.468 e. The Morgan fingerprint density at radius 2 is 2.27 bits per heavy atom. The Hall–Kier alpha value is -0.300. The fourth-order valence-corrected chi connectivity index (χ4v) is 2.08. The predicted molar refractivity (Wildman–Crippen MR) is 59.9 cm³/mol. The molecule has 0 saturated heterocycles. The summed E-state index contributed by atoms with van der Waals surface area (Å²) in [5.74, 6) is 0.536. The van der Waals surface area contributed by atoms with E-state index in [1.165, 1.54) is 18.9 Å². The van der Waals surface area contributed by atoms with Gasteiger partial charge in [0.05, 0.1) is 19.8 Å². The standard InChI is InChI=1S/C9H19NO4S/c1-9(10-2,8(13)14-3)6-15-5-7(12)4-11/h7,10-12H,4-6H2,1-3H3. The number of carbonyl (C=O) groups is 1. The zero-order chi connectivity index (χ0) is 11.9. The van der Waals surface area contributed by atoms with E-state index in [1.807, 2.05) is 0 Å². The van der Waals surface area contributed by atoms with Crippen LogP contribution in [0.25, 0.3) is 0 Å². The van der Waals surface area contributed by atoms with Gasteiger partial charge in [0.25, 0.3) is 0 Å². The molecule has 3 N–H and O–H groups in total. The molecule has 6 heteroatoms. The summed E-state index contributed by atoms with van der Waals surface area (Å²) >= 11 is 1.39. The maximum Gasteiger partial charge on any atom is 0.326 e. The van der Waals surface area contributed by atoms with Gasteiger partial charge in [0, 0.05) is 11.5 Å². The molecule has 0 aliphatic heterocycles. The molecule has 0 aromatic rings. The minimum absolute atomic E-state index is 0.262. The summed E-state index contributed by atoms with van der Waals surface area (Å²) in [5, 5.41) is 20.6. The zero-order valence-corrected chi connectivity index (χ0v) is 10.1. The third kappa shape index (κ3) is 4.83. The van der Waals surface area contributed by atoms with Gasteiger partial charge in [0.2, 0.25) is 0 Å². The van der Waals surface area contributed by atoms with Crippen LogP contribution in [0, 0.1) is 0 Å². The van der Waals surface area contributed by atoms with Crippen molar-refractivity contribution in [1.29, 1.82) is 0 Å². The first kappa shape index (κ1) is 14.7. The molecule has 15 heavy (non-hydrogen) atoms. The van der Waals surface area contributed by atoms with Crippen molar-refractivity contribution in [1.82, 2.24) is 5.32 Å². The summed E-state index contributed by atoms with van der Waals surface area (Å²) in [5.41, 5.74) is -0.755. The fraction of sp³-hybridized carbons (Fsp3) is 0.889. The van der Waals surface area contributed by atoms with Gasteiger partial charge in [-0.25, -0.2) is 0 Å². The normalized spacial score (nSPS) is 16.9. The van der Waals surface area contributed by atoms with E-state index in [0.717, 1.165) is 0 Å². The maximum absolute atomic E-state index is 11.4. The molecular formula is C9H19NO4S. The van der Waals surface area contributed by atoms with Gasteiger partial charge < -0.3 is 20.3 Å². The number of methoxy groups -OCH3 is 1. The lowest BCUT2D eigenvalue weighted by molar-refractivity contribution is -0.146. The van der Waals surface area contributed by atoms with Crippen LogP contribution in [-0.2, 0) is 9.53 Å². The number of aliphatic hydroxyl groups excluding tert-OH is 2. The number of hydrogen-bond donors (Lipinski definition) is 3. The molecule has 0 aromatic carbocycles. The van der Waals surface area contributed by atoms with Crippen LogP contribution in [0.4, 0.5) is 0 Å². The number of hydrogen-bond acceptors (Lipinski definition) is 6. The van der Waals surface area contributed by atoms with E-state index in [1.54, 1.807) is 14.0 Å². The monoisotopic (exact) mass is 237 g/mol. The number of carbonyl (C=O) groups excluding carboxylic acids is 1. The van der Waals surface area contributed by atoms with Crippen LogP contribution < -0.4 is 5.32 Å². The van der Waals surface area contributed by atoms with E-state index in [4.69, 9.17) is 10.2 Å². The second-order valence-corrected chi connectivity index (χ2v) is 4.46. The molecule has 2 atom stereocenters. The molecule has 0 bridgehead atoms. The summed E-state index contributed by atoms with van der Waals surface area (Å²) in [6.45, 7) is 1.47. The van der Waals surface area contributed by atoms with E-state index < -0.39 is 11.6 Å². The lowest BCUT2D eigenvalue weighted by atomic mass is 10.1. The maximum atomic E-state index is 11.4. The van der Waals surface area contributed by atoms with Gasteiger partial charge in [-0.2, -0.15) is 11.8 Å². The van der Waals surface area contributed by atoms with E-state index in [0.29, 0.717) is 11.5 Å². The number of esters is 1. The summed E-state index contributed by atoms with van der Waals surface area (Å²) in [7, 11) is 3.02. The number of ether oxygens (including phenoxy) is 1. The number of likely N-dealkylation sites (N-methyl/N-ethyl adjacent to an activating group) is 1. The summed E-state index contributed by atoms with van der Waals surface area (Å²) in [6.07, 6.45) is -0.742. The van der Waals surface area contributed by atoms with Gasteiger partial charge in [-0.3, -0.25) is 4.79 Å². The minimum Gasteiger partial charge on any atom is -0.468 e. The minimum atomic E-state index is -0.755. The molecule has 90 valence electrons. The molecule has 0 spiro atoms. The van der Waals surface area contributed by atoms with Crippen LogP contribution in [0.3, 0.4) is 0 Å². The molecule has 0 saturated carbocycles. The lowest BCUT2D eigenvalue weighted by Gasteiger charge is -2.25. The Bertz CT molecular complexity index is 203. The molecule has 0 heterocycles. The molecule has 0 rings (SSSR count). The van der Waals surface area contributed by atoms with Crippen molar-refractivity contribution in [3.05, 3.63) is 0 Å². The van der Waals surface area contributed by atoms with Crippen molar-refractivity contribution in [2.75, 3.05) is 32.3 Å². The zero-order valence-electron chi connectivity index (χ0n) is 9.32. The first-order valence-electron chi connectivity index (χ1n) is 4.64. The van der Waals surface area contributed by atoms with Gasteiger partial charge in [0.1, 0.15) is 5.54 Å². The first-order valence-corrected chi connectivity index (χ1v) is 5.79. The van der Waals surface area contributed by atoms with Crippen LogP contribution in [0.2, 0.25) is 0 Å². The van der Waals surface area contributed by atoms with Crippen LogP contribution in [0.5, 0.6) is 0 Å². The predicted octanol–water partition coefficient (Wildman–Crippen LogP) is -0.776. The Balaban J connectivity index is 4.04. The van der Waals surface area contributed by atoms with Gasteiger partial charge >= 0.3 is 5.97 Å². The smallest absolute Gasteiger partial charge is 0.326 e. The highest BCUT2D eigenvalue weighted by atomic mass is 32.2. The molecule has 0 radical (unpaired) electrons. The van der Waals surface area contributed by atoms with E-state index in [2.05, 4.69) is 10.1 Å². The van der Waals surface area contributed by atoms with Crippen LogP contribution in [-0.4, -0.2) is 60.1 Å². The van der Waals surface area contributed by atoms with Crippen LogP contribution in [0.1, 0.15) is 6.92 Å². The summed E-state index contributed by atoms with van der Waals surface area (Å²) in [6, 6.07) is 0. The third-order valence-corrected chi connectivity index (χ3v) is 3.50. The Morgan fingerprint density at radius 3 is 2.67 bits per heavy atom. The van der Waals surface area contributed by atoms with Gasteiger partial charge in [-0.1, -0.05) is 0 Å². The van der Waals surface area contributed by atoms with E-state index in [9.17, 15) is 4.79 Å². The Kier molecular flexibility index (Phi) is 6.91. The van der Waals surface area contributed by atoms with Crippen molar-refractivity contribution in [3.63, 3.8) is 0 Å². The molecular weight excluding hydrogens is 218 g/mol. The molecule has 0 fully saturated rings. The van der Waals surface area contributed by atoms with Crippen molar-refractivity contribution in [3.8, 4) is 0 Å². The van der Waals surface area contributed by atoms with Crippen LogP contribution >= 0.6 is 11.8 Å². The van der Waals surface area contributed by atoms with Crippen molar-refractivity contribution in [2.24, 2.45) is 0 Å². The first-order chi connectivity index (χ1) is 7.00. The second-order valence-electron chi connectivity index (χ2n) is 3.43. The van der Waals surface area contributed by atoms with Gasteiger partial charge in [-0.05, 0) is 14.0 Å². The summed E-state index contributed by atoms with van der Waals surface area (Å²) < 4.78 is 4.66. The molecule has 0 amide bonds. The molecule has 0 aromatic heterocycles. The Morgan fingerprint density at radius 1 is 1.67 bits per heavy atom. The summed E-state index contributed by atoms with van der Waals surface area (Å²) in [4.78, 5) is 11.4. The lowest BCUT2D eigenvalue weighted by Crippen LogP contribution is -2.50. The quantitative estimate of drug-likeness (QED) is 0.504. The average Bonchev–Trinajstić information content (AvgIpc) is 2.27. The molecule has 0 aliphatic carbocycles.